The molecule has 1 saturated carbocycles. The molecule has 1 saturated heterocycles. The van der Waals surface area contributed by atoms with Gasteiger partial charge in [-0.1, -0.05) is 25.0 Å². The summed E-state index contributed by atoms with van der Waals surface area (Å²) in [6.07, 6.45) is 5.74. The molecule has 0 aromatic heterocycles. The van der Waals surface area contributed by atoms with E-state index in [1.54, 1.807) is 0 Å². The summed E-state index contributed by atoms with van der Waals surface area (Å²) in [5.41, 5.74) is 1.07. The molecule has 2 aliphatic rings. The molecule has 0 spiro atoms. The third kappa shape index (κ3) is 2.14. The summed E-state index contributed by atoms with van der Waals surface area (Å²) in [7, 11) is 0. The number of nitrogens with zero attached hydrogens (tertiary/aromatic N) is 1. The third-order valence-corrected chi connectivity index (χ3v) is 3.96. The fourth-order valence-corrected chi connectivity index (χ4v) is 3.33. The lowest BCUT2D eigenvalue weighted by molar-refractivity contribution is -0.142. The molecular formula is C13H21NO2. The number of carbonyl (C=O) groups is 1. The second kappa shape index (κ2) is 4.58. The molecule has 1 heterocycles. The molecule has 0 radical (unpaired) electrons. The molecule has 3 atom stereocenters. The maximum absolute atomic E-state index is 11.3. The smallest absolute Gasteiger partial charge is 0.320 e. The second-order valence-electron chi connectivity index (χ2n) is 5.33. The van der Waals surface area contributed by atoms with Crippen molar-refractivity contribution in [2.45, 2.75) is 51.1 Å². The molecule has 2 fully saturated rings. The number of hydrogen-bond donors (Lipinski definition) is 1. The SMILES string of the molecule is C=C(C)CN1C(C(=O)O)CC2CCCCC21. The molecule has 0 aromatic rings. The van der Waals surface area contributed by atoms with Gasteiger partial charge in [-0.15, -0.1) is 0 Å². The summed E-state index contributed by atoms with van der Waals surface area (Å²) in [5, 5.41) is 9.27. The lowest BCUT2D eigenvalue weighted by Gasteiger charge is -2.33. The quantitative estimate of drug-likeness (QED) is 0.746. The Morgan fingerprint density at radius 3 is 2.75 bits per heavy atom. The Morgan fingerprint density at radius 1 is 1.44 bits per heavy atom. The zero-order chi connectivity index (χ0) is 11.7. The standard InChI is InChI=1S/C13H21NO2/c1-9(2)8-14-11-6-4-3-5-10(11)7-12(14)13(15)16/h10-12H,1,3-8H2,2H3,(H,15,16). The lowest BCUT2D eigenvalue weighted by Crippen LogP contribution is -2.42. The van der Waals surface area contributed by atoms with Gasteiger partial charge in [-0.2, -0.15) is 0 Å². The summed E-state index contributed by atoms with van der Waals surface area (Å²) >= 11 is 0. The summed E-state index contributed by atoms with van der Waals surface area (Å²) in [6, 6.07) is 0.219. The van der Waals surface area contributed by atoms with E-state index in [4.69, 9.17) is 0 Å². The first-order chi connectivity index (χ1) is 7.59. The van der Waals surface area contributed by atoms with Gasteiger partial charge in [-0.25, -0.2) is 0 Å². The van der Waals surface area contributed by atoms with Crippen LogP contribution in [0.15, 0.2) is 12.2 Å². The molecule has 1 aliphatic heterocycles. The third-order valence-electron chi connectivity index (χ3n) is 3.96. The molecule has 3 heteroatoms. The fraction of sp³-hybridized carbons (Fsp3) is 0.769. The number of rotatable bonds is 3. The predicted molar refractivity (Wildman–Crippen MR) is 63.3 cm³/mol. The number of aliphatic carboxylic acids is 1. The molecular weight excluding hydrogens is 202 g/mol. The molecule has 90 valence electrons. The van der Waals surface area contributed by atoms with Crippen LogP contribution in [0.5, 0.6) is 0 Å². The van der Waals surface area contributed by atoms with E-state index in [-0.39, 0.29) is 6.04 Å². The van der Waals surface area contributed by atoms with E-state index in [1.165, 1.54) is 25.7 Å². The van der Waals surface area contributed by atoms with Crippen LogP contribution in [0.25, 0.3) is 0 Å². The summed E-state index contributed by atoms with van der Waals surface area (Å²) in [4.78, 5) is 13.4. The maximum Gasteiger partial charge on any atom is 0.320 e. The van der Waals surface area contributed by atoms with Crippen LogP contribution in [0, 0.1) is 5.92 Å². The van der Waals surface area contributed by atoms with E-state index in [1.807, 2.05) is 6.92 Å². The van der Waals surface area contributed by atoms with Crippen LogP contribution < -0.4 is 0 Å². The van der Waals surface area contributed by atoms with E-state index >= 15 is 0 Å². The van der Waals surface area contributed by atoms with E-state index < -0.39 is 5.97 Å². The topological polar surface area (TPSA) is 40.5 Å². The summed E-state index contributed by atoms with van der Waals surface area (Å²) in [5.74, 6) is -0.0511. The van der Waals surface area contributed by atoms with Crippen LogP contribution in [-0.4, -0.2) is 34.6 Å². The highest BCUT2D eigenvalue weighted by atomic mass is 16.4. The van der Waals surface area contributed by atoms with Crippen LogP contribution in [0.3, 0.4) is 0 Å². The molecule has 2 rings (SSSR count). The Hall–Kier alpha value is -0.830. The van der Waals surface area contributed by atoms with E-state index in [9.17, 15) is 9.90 Å². The minimum absolute atomic E-state index is 0.273. The van der Waals surface area contributed by atoms with Gasteiger partial charge in [0.1, 0.15) is 6.04 Å². The zero-order valence-corrected chi connectivity index (χ0v) is 9.98. The highest BCUT2D eigenvalue weighted by Crippen LogP contribution is 2.39. The Kier molecular flexibility index (Phi) is 3.33. The summed E-state index contributed by atoms with van der Waals surface area (Å²) < 4.78 is 0. The summed E-state index contributed by atoms with van der Waals surface area (Å²) in [6.45, 7) is 6.64. The Balaban J connectivity index is 2.14. The largest absolute Gasteiger partial charge is 0.480 e. The molecule has 0 amide bonds. The molecule has 3 nitrogen and oxygen atoms in total. The monoisotopic (exact) mass is 223 g/mol. The van der Waals surface area contributed by atoms with Crippen molar-refractivity contribution >= 4 is 5.97 Å². The normalized spacial score (nSPS) is 34.7. The van der Waals surface area contributed by atoms with Gasteiger partial charge in [0.05, 0.1) is 0 Å². The Bertz CT molecular complexity index is 300. The van der Waals surface area contributed by atoms with Crippen molar-refractivity contribution in [3.63, 3.8) is 0 Å². The number of carboxylic acid groups (broad SMARTS) is 1. The van der Waals surface area contributed by atoms with Gasteiger partial charge in [-0.3, -0.25) is 9.69 Å². The van der Waals surface area contributed by atoms with Gasteiger partial charge in [-0.05, 0) is 32.1 Å². The van der Waals surface area contributed by atoms with Gasteiger partial charge in [0, 0.05) is 12.6 Å². The molecule has 1 N–H and O–H groups in total. The number of likely N-dealkylation sites (tertiary alicyclic amines) is 1. The first-order valence-electron chi connectivity index (χ1n) is 6.22. The molecule has 16 heavy (non-hydrogen) atoms. The number of hydrogen-bond acceptors (Lipinski definition) is 2. The van der Waals surface area contributed by atoms with Crippen LogP contribution in [0.4, 0.5) is 0 Å². The second-order valence-corrected chi connectivity index (χ2v) is 5.33. The van der Waals surface area contributed by atoms with E-state index in [0.29, 0.717) is 12.0 Å². The Morgan fingerprint density at radius 2 is 2.12 bits per heavy atom. The van der Waals surface area contributed by atoms with Crippen LogP contribution in [0.2, 0.25) is 0 Å². The predicted octanol–water partition coefficient (Wildman–Crippen LogP) is 2.28. The van der Waals surface area contributed by atoms with Crippen LogP contribution in [-0.2, 0) is 4.79 Å². The van der Waals surface area contributed by atoms with Crippen molar-refractivity contribution in [2.24, 2.45) is 5.92 Å². The van der Waals surface area contributed by atoms with Crippen LogP contribution in [0.1, 0.15) is 39.0 Å². The first kappa shape index (κ1) is 11.6. The van der Waals surface area contributed by atoms with E-state index in [0.717, 1.165) is 18.5 Å². The van der Waals surface area contributed by atoms with Crippen molar-refractivity contribution in [3.8, 4) is 0 Å². The lowest BCUT2D eigenvalue weighted by atomic mass is 9.84. The van der Waals surface area contributed by atoms with Gasteiger partial charge in [0.2, 0.25) is 0 Å². The van der Waals surface area contributed by atoms with Gasteiger partial charge >= 0.3 is 5.97 Å². The minimum Gasteiger partial charge on any atom is -0.480 e. The van der Waals surface area contributed by atoms with Crippen LogP contribution >= 0.6 is 0 Å². The van der Waals surface area contributed by atoms with E-state index in [2.05, 4.69) is 11.5 Å². The molecule has 0 aromatic carbocycles. The average molecular weight is 223 g/mol. The number of carboxylic acids is 1. The van der Waals surface area contributed by atoms with Gasteiger partial charge < -0.3 is 5.11 Å². The molecule has 0 bridgehead atoms. The maximum atomic E-state index is 11.3. The van der Waals surface area contributed by atoms with Crippen molar-refractivity contribution in [2.75, 3.05) is 6.54 Å². The highest BCUT2D eigenvalue weighted by molar-refractivity contribution is 5.74. The molecule has 3 unspecified atom stereocenters. The van der Waals surface area contributed by atoms with Crippen molar-refractivity contribution in [3.05, 3.63) is 12.2 Å². The zero-order valence-electron chi connectivity index (χ0n) is 9.98. The van der Waals surface area contributed by atoms with Crippen molar-refractivity contribution < 1.29 is 9.90 Å². The number of fused-ring (bicyclic) bond motifs is 1. The Labute approximate surface area is 97.1 Å². The molecule has 1 aliphatic carbocycles. The van der Waals surface area contributed by atoms with Gasteiger partial charge in [0.15, 0.2) is 0 Å². The van der Waals surface area contributed by atoms with Crippen molar-refractivity contribution in [1.82, 2.24) is 4.90 Å². The first-order valence-corrected chi connectivity index (χ1v) is 6.22. The highest BCUT2D eigenvalue weighted by Gasteiger charge is 2.44. The minimum atomic E-state index is -0.657. The average Bonchev–Trinajstić information content (AvgIpc) is 2.57. The van der Waals surface area contributed by atoms with Gasteiger partial charge in [0.25, 0.3) is 0 Å². The van der Waals surface area contributed by atoms with Crippen molar-refractivity contribution in [1.29, 1.82) is 0 Å². The fourth-order valence-electron chi connectivity index (χ4n) is 3.33.